The molecule has 102 valence electrons. The maximum absolute atomic E-state index is 10.6. The topological polar surface area (TPSA) is 59.3 Å². The molecule has 0 radical (unpaired) electrons. The van der Waals surface area contributed by atoms with E-state index in [9.17, 15) is 5.11 Å². The van der Waals surface area contributed by atoms with Crippen LogP contribution in [-0.2, 0) is 16.9 Å². The number of ether oxygens (including phenoxy) is 1. The summed E-state index contributed by atoms with van der Waals surface area (Å²) in [6, 6.07) is 0.575. The third-order valence-electron chi connectivity index (χ3n) is 3.12. The van der Waals surface area contributed by atoms with Crippen molar-refractivity contribution in [2.75, 3.05) is 20.3 Å². The molecule has 0 aliphatic heterocycles. The van der Waals surface area contributed by atoms with Gasteiger partial charge in [-0.1, -0.05) is 0 Å². The lowest BCUT2D eigenvalue weighted by molar-refractivity contribution is 0.0446. The maximum Gasteiger partial charge on any atom is 0.117 e. The zero-order valence-electron chi connectivity index (χ0n) is 10.8. The predicted molar refractivity (Wildman–Crippen MR) is 72.4 cm³/mol. The molecule has 0 bridgehead atoms. The average Bonchev–Trinajstić information content (AvgIpc) is 3.07. The average molecular weight is 318 g/mol. The zero-order chi connectivity index (χ0) is 13.2. The number of aliphatic hydroxyl groups is 1. The van der Waals surface area contributed by atoms with Gasteiger partial charge in [0.2, 0.25) is 0 Å². The van der Waals surface area contributed by atoms with Gasteiger partial charge in [0.05, 0.1) is 29.5 Å². The van der Waals surface area contributed by atoms with Gasteiger partial charge < -0.3 is 15.2 Å². The van der Waals surface area contributed by atoms with Gasteiger partial charge in [-0.25, -0.2) is 0 Å². The predicted octanol–water partition coefficient (Wildman–Crippen LogP) is 1.25. The number of hydrogen-bond acceptors (Lipinski definition) is 4. The van der Waals surface area contributed by atoms with Crippen LogP contribution in [0.1, 0.15) is 25.5 Å². The zero-order valence-corrected chi connectivity index (χ0v) is 12.4. The van der Waals surface area contributed by atoms with Crippen LogP contribution in [0.4, 0.5) is 0 Å². The fourth-order valence-corrected chi connectivity index (χ4v) is 2.68. The molecule has 1 aliphatic carbocycles. The van der Waals surface area contributed by atoms with Crippen molar-refractivity contribution >= 4 is 15.9 Å². The van der Waals surface area contributed by atoms with Crippen LogP contribution < -0.4 is 5.32 Å². The smallest absolute Gasteiger partial charge is 0.117 e. The van der Waals surface area contributed by atoms with E-state index in [-0.39, 0.29) is 0 Å². The quantitative estimate of drug-likeness (QED) is 0.794. The number of nitrogens with zero attached hydrogens (tertiary/aromatic N) is 2. The Balaban J connectivity index is 2.10. The fourth-order valence-electron chi connectivity index (χ4n) is 1.96. The first-order valence-corrected chi connectivity index (χ1v) is 7.00. The highest BCUT2D eigenvalue weighted by atomic mass is 79.9. The SMILES string of the molecule is COCCn1ncc(Br)c1C(C)(O)CNC1CC1. The van der Waals surface area contributed by atoms with E-state index in [2.05, 4.69) is 26.3 Å². The van der Waals surface area contributed by atoms with Crippen molar-refractivity contribution in [3.05, 3.63) is 16.4 Å². The molecule has 6 heteroatoms. The van der Waals surface area contributed by atoms with Gasteiger partial charge in [0, 0.05) is 19.7 Å². The molecule has 18 heavy (non-hydrogen) atoms. The monoisotopic (exact) mass is 317 g/mol. The van der Waals surface area contributed by atoms with Crippen LogP contribution in [0, 0.1) is 0 Å². The van der Waals surface area contributed by atoms with Crippen LogP contribution in [0.3, 0.4) is 0 Å². The highest BCUT2D eigenvalue weighted by Gasteiger charge is 2.32. The highest BCUT2D eigenvalue weighted by Crippen LogP contribution is 2.29. The second-order valence-electron chi connectivity index (χ2n) is 4.99. The molecule has 2 rings (SSSR count). The van der Waals surface area contributed by atoms with Crippen molar-refractivity contribution in [1.82, 2.24) is 15.1 Å². The Morgan fingerprint density at radius 1 is 1.67 bits per heavy atom. The third kappa shape index (κ3) is 3.32. The Morgan fingerprint density at radius 2 is 2.39 bits per heavy atom. The summed E-state index contributed by atoms with van der Waals surface area (Å²) in [6.45, 7) is 3.56. The van der Waals surface area contributed by atoms with E-state index >= 15 is 0 Å². The molecular weight excluding hydrogens is 298 g/mol. The van der Waals surface area contributed by atoms with Crippen LogP contribution in [-0.4, -0.2) is 41.2 Å². The van der Waals surface area contributed by atoms with Gasteiger partial charge in [0.1, 0.15) is 5.60 Å². The van der Waals surface area contributed by atoms with Crippen LogP contribution in [0.15, 0.2) is 10.7 Å². The van der Waals surface area contributed by atoms with Crippen molar-refractivity contribution in [1.29, 1.82) is 0 Å². The van der Waals surface area contributed by atoms with Crippen molar-refractivity contribution < 1.29 is 9.84 Å². The Hall–Kier alpha value is -0.430. The maximum atomic E-state index is 10.6. The summed E-state index contributed by atoms with van der Waals surface area (Å²) in [5.74, 6) is 0. The first-order chi connectivity index (χ1) is 8.54. The first kappa shape index (κ1) is 14.0. The molecule has 1 unspecified atom stereocenters. The van der Waals surface area contributed by atoms with E-state index in [0.717, 1.165) is 10.2 Å². The van der Waals surface area contributed by atoms with E-state index in [4.69, 9.17) is 4.74 Å². The van der Waals surface area contributed by atoms with Crippen molar-refractivity contribution in [2.24, 2.45) is 0 Å². The molecule has 1 saturated carbocycles. The van der Waals surface area contributed by atoms with E-state index in [0.29, 0.717) is 25.7 Å². The summed E-state index contributed by atoms with van der Waals surface area (Å²) >= 11 is 3.46. The Labute approximate surface area is 116 Å². The van der Waals surface area contributed by atoms with Gasteiger partial charge in [0.25, 0.3) is 0 Å². The van der Waals surface area contributed by atoms with Crippen LogP contribution >= 0.6 is 15.9 Å². The van der Waals surface area contributed by atoms with Crippen LogP contribution in [0.5, 0.6) is 0 Å². The number of rotatable bonds is 7. The van der Waals surface area contributed by atoms with E-state index < -0.39 is 5.60 Å². The summed E-state index contributed by atoms with van der Waals surface area (Å²) in [7, 11) is 1.66. The summed E-state index contributed by atoms with van der Waals surface area (Å²) in [5.41, 5.74) is -0.140. The minimum atomic E-state index is -0.939. The number of nitrogens with one attached hydrogen (secondary N) is 1. The Morgan fingerprint density at radius 3 is 3.00 bits per heavy atom. The molecule has 1 aromatic heterocycles. The summed E-state index contributed by atoms with van der Waals surface area (Å²) < 4.78 is 7.69. The second kappa shape index (κ2) is 5.69. The first-order valence-electron chi connectivity index (χ1n) is 6.21. The third-order valence-corrected chi connectivity index (χ3v) is 3.70. The van der Waals surface area contributed by atoms with Crippen molar-refractivity contribution in [3.63, 3.8) is 0 Å². The molecule has 1 atom stereocenters. The fraction of sp³-hybridized carbons (Fsp3) is 0.750. The standard InChI is InChI=1S/C12H20BrN3O2/c1-12(17,8-14-9-3-4-9)11-10(13)7-15-16(11)5-6-18-2/h7,9,14,17H,3-6,8H2,1-2H3. The molecular formula is C12H20BrN3O2. The van der Waals surface area contributed by atoms with E-state index in [1.165, 1.54) is 12.8 Å². The number of halogens is 1. The molecule has 5 nitrogen and oxygen atoms in total. The largest absolute Gasteiger partial charge is 0.383 e. The second-order valence-corrected chi connectivity index (χ2v) is 5.84. The van der Waals surface area contributed by atoms with Gasteiger partial charge in [-0.15, -0.1) is 0 Å². The highest BCUT2D eigenvalue weighted by molar-refractivity contribution is 9.10. The normalized spacial score (nSPS) is 18.9. The molecule has 0 amide bonds. The lowest BCUT2D eigenvalue weighted by Crippen LogP contribution is -2.38. The summed E-state index contributed by atoms with van der Waals surface area (Å²) in [6.07, 6.45) is 4.14. The van der Waals surface area contributed by atoms with Gasteiger partial charge in [0.15, 0.2) is 0 Å². The Kier molecular flexibility index (Phi) is 4.42. The number of hydrogen-bond donors (Lipinski definition) is 2. The van der Waals surface area contributed by atoms with Gasteiger partial charge in [-0.3, -0.25) is 4.68 Å². The minimum Gasteiger partial charge on any atom is -0.383 e. The van der Waals surface area contributed by atoms with E-state index in [1.54, 1.807) is 18.0 Å². The lowest BCUT2D eigenvalue weighted by Gasteiger charge is -2.25. The molecule has 0 aromatic carbocycles. The molecule has 1 aliphatic rings. The van der Waals surface area contributed by atoms with Crippen molar-refractivity contribution in [2.45, 2.75) is 38.0 Å². The van der Waals surface area contributed by atoms with Crippen LogP contribution in [0.25, 0.3) is 0 Å². The molecule has 1 heterocycles. The minimum absolute atomic E-state index is 0.537. The van der Waals surface area contributed by atoms with E-state index in [1.807, 2.05) is 6.92 Å². The molecule has 1 aromatic rings. The molecule has 0 saturated heterocycles. The number of aromatic nitrogens is 2. The van der Waals surface area contributed by atoms with Gasteiger partial charge in [-0.2, -0.15) is 5.10 Å². The van der Waals surface area contributed by atoms with Gasteiger partial charge >= 0.3 is 0 Å². The molecule has 1 fully saturated rings. The number of methoxy groups -OCH3 is 1. The Bertz CT molecular complexity index is 402. The summed E-state index contributed by atoms with van der Waals surface area (Å²) in [4.78, 5) is 0. The van der Waals surface area contributed by atoms with Crippen molar-refractivity contribution in [3.8, 4) is 0 Å². The molecule has 2 N–H and O–H groups in total. The summed E-state index contributed by atoms with van der Waals surface area (Å²) in [5, 5.41) is 18.2. The molecule has 0 spiro atoms. The van der Waals surface area contributed by atoms with Gasteiger partial charge in [-0.05, 0) is 35.7 Å². The van der Waals surface area contributed by atoms with Crippen LogP contribution in [0.2, 0.25) is 0 Å². The lowest BCUT2D eigenvalue weighted by atomic mass is 10.0.